The Balaban J connectivity index is 1.11. The normalized spacial score (nSPS) is 30.6. The molecule has 6 aliphatic heterocycles. The summed E-state index contributed by atoms with van der Waals surface area (Å²) in [6, 6.07) is 7.59. The Morgan fingerprint density at radius 2 is 2.02 bits per heavy atom. The number of piperazine rings is 1. The van der Waals surface area contributed by atoms with Crippen LogP contribution in [0.2, 0.25) is 0 Å². The molecule has 0 amide bonds. The maximum absolute atomic E-state index is 17.4. The van der Waals surface area contributed by atoms with Crippen molar-refractivity contribution in [1.82, 2.24) is 24.8 Å². The molecule has 5 fully saturated rings. The number of rotatable bonds is 4. The summed E-state index contributed by atoms with van der Waals surface area (Å²) < 4.78 is 46.1. The van der Waals surface area contributed by atoms with Gasteiger partial charge in [0, 0.05) is 56.3 Å². The third kappa shape index (κ3) is 4.11. The van der Waals surface area contributed by atoms with E-state index in [2.05, 4.69) is 15.1 Å². The number of fused-ring (bicyclic) bond motifs is 9. The first-order valence-electron chi connectivity index (χ1n) is 17.8. The molecule has 5 atom stereocenters. The molecular weight excluding hydrogens is 630 g/mol. The number of aryl methyl sites for hydroxylation is 1. The van der Waals surface area contributed by atoms with Crippen LogP contribution in [0.5, 0.6) is 11.8 Å². The zero-order valence-electron chi connectivity index (χ0n) is 27.2. The molecule has 4 saturated heterocycles. The Labute approximate surface area is 281 Å². The van der Waals surface area contributed by atoms with Crippen molar-refractivity contribution in [1.29, 1.82) is 0 Å². The fraction of sp³-hybridized carbons (Fsp3) is 0.541. The second-order valence-corrected chi connectivity index (χ2v) is 15.9. The summed E-state index contributed by atoms with van der Waals surface area (Å²) in [4.78, 5) is 28.9. The number of benzene rings is 2. The first kappa shape index (κ1) is 28.9. The Morgan fingerprint density at radius 3 is 2.90 bits per heavy atom. The van der Waals surface area contributed by atoms with Crippen molar-refractivity contribution < 1.29 is 23.4 Å². The molecule has 12 heteroatoms. The minimum atomic E-state index is -0.905. The molecule has 7 aliphatic rings. The van der Waals surface area contributed by atoms with Crippen LogP contribution in [0.3, 0.4) is 0 Å². The van der Waals surface area contributed by atoms with E-state index in [0.29, 0.717) is 73.4 Å². The van der Waals surface area contributed by atoms with E-state index in [9.17, 15) is 14.3 Å². The zero-order chi connectivity index (χ0) is 32.8. The average molecular weight is 669 g/mol. The van der Waals surface area contributed by atoms with Gasteiger partial charge in [-0.15, -0.1) is 0 Å². The van der Waals surface area contributed by atoms with Gasteiger partial charge in [-0.25, -0.2) is 8.78 Å². The lowest BCUT2D eigenvalue weighted by molar-refractivity contribution is 0.107. The number of phenolic OH excluding ortho intramolecular Hbond substituents is 1. The molecule has 1 aliphatic carbocycles. The van der Waals surface area contributed by atoms with Crippen molar-refractivity contribution in [2.45, 2.75) is 94.5 Å². The molecule has 49 heavy (non-hydrogen) atoms. The lowest BCUT2D eigenvalue weighted by Crippen LogP contribution is -2.58. The molecule has 2 N–H and O–H groups in total. The summed E-state index contributed by atoms with van der Waals surface area (Å²) in [5.74, 6) is -0.293. The number of aromatic nitrogens is 3. The molecule has 254 valence electrons. The van der Waals surface area contributed by atoms with Gasteiger partial charge in [0.25, 0.3) is 5.56 Å². The second-order valence-electron chi connectivity index (χ2n) is 15.9. The number of ether oxygens (including phenoxy) is 2. The van der Waals surface area contributed by atoms with Gasteiger partial charge in [-0.2, -0.15) is 9.97 Å². The van der Waals surface area contributed by atoms with Crippen LogP contribution in [0.15, 0.2) is 29.1 Å². The standard InChI is InChI=1S/C37H38F2N6O4/c38-21-11-37(16-36(6-7-36)17-43(37)12-21)18-49-35-41-31-30(39)29(24-10-23(46)9-19-1-2-20-14-48-15-25(20)28(19)24)34(47)44-8-5-27-26-4-3-22(40-26)13-45(27)33(42-35)32(31)44/h1-2,9-10,21-22,26-27,40,46H,3-8,11-18H2/t21-,22?,26?,27?,37-/m1/s1. The van der Waals surface area contributed by atoms with Crippen LogP contribution >= 0.6 is 0 Å². The van der Waals surface area contributed by atoms with Crippen LogP contribution in [0, 0.1) is 11.2 Å². The highest BCUT2D eigenvalue weighted by molar-refractivity contribution is 6.02. The second kappa shape index (κ2) is 9.88. The number of hydrogen-bond acceptors (Lipinski definition) is 9. The summed E-state index contributed by atoms with van der Waals surface area (Å²) in [6.07, 6.45) is 5.48. The van der Waals surface area contributed by atoms with Gasteiger partial charge < -0.3 is 29.4 Å². The molecular formula is C37H38F2N6O4. The van der Waals surface area contributed by atoms with E-state index < -0.39 is 23.1 Å². The lowest BCUT2D eigenvalue weighted by Gasteiger charge is -2.41. The predicted octanol–water partition coefficient (Wildman–Crippen LogP) is 4.54. The molecule has 8 heterocycles. The van der Waals surface area contributed by atoms with Crippen molar-refractivity contribution >= 4 is 27.6 Å². The molecule has 11 rings (SSSR count). The van der Waals surface area contributed by atoms with Crippen molar-refractivity contribution in [2.24, 2.45) is 5.41 Å². The van der Waals surface area contributed by atoms with Crippen LogP contribution in [0.4, 0.5) is 14.6 Å². The van der Waals surface area contributed by atoms with E-state index >= 15 is 4.39 Å². The molecule has 2 bridgehead atoms. The van der Waals surface area contributed by atoms with E-state index in [-0.39, 0.29) is 53.0 Å². The highest BCUT2D eigenvalue weighted by Gasteiger charge is 2.62. The van der Waals surface area contributed by atoms with E-state index in [1.807, 2.05) is 12.1 Å². The Hall–Kier alpha value is -3.87. The Morgan fingerprint density at radius 1 is 1.12 bits per heavy atom. The summed E-state index contributed by atoms with van der Waals surface area (Å²) in [6.45, 7) is 3.37. The maximum atomic E-state index is 17.4. The highest BCUT2D eigenvalue weighted by atomic mass is 19.1. The highest BCUT2D eigenvalue weighted by Crippen LogP contribution is 2.61. The first-order chi connectivity index (χ1) is 23.8. The molecule has 1 saturated carbocycles. The summed E-state index contributed by atoms with van der Waals surface area (Å²) >= 11 is 0. The minimum absolute atomic E-state index is 0.0238. The summed E-state index contributed by atoms with van der Waals surface area (Å²) in [5.41, 5.74) is 1.84. The number of phenols is 1. The molecule has 0 radical (unpaired) electrons. The lowest BCUT2D eigenvalue weighted by atomic mass is 9.89. The minimum Gasteiger partial charge on any atom is -0.508 e. The van der Waals surface area contributed by atoms with E-state index in [1.165, 1.54) is 6.07 Å². The molecule has 2 aromatic carbocycles. The van der Waals surface area contributed by atoms with Crippen LogP contribution in [-0.2, 0) is 24.5 Å². The van der Waals surface area contributed by atoms with Crippen molar-refractivity contribution in [3.05, 3.63) is 51.6 Å². The number of aromatic hydroxyl groups is 1. The zero-order valence-corrected chi connectivity index (χ0v) is 27.2. The predicted molar refractivity (Wildman–Crippen MR) is 178 cm³/mol. The van der Waals surface area contributed by atoms with Crippen LogP contribution in [0.1, 0.15) is 56.1 Å². The molecule has 2 aromatic heterocycles. The Kier molecular flexibility index (Phi) is 5.83. The van der Waals surface area contributed by atoms with Gasteiger partial charge in [-0.3, -0.25) is 9.69 Å². The molecule has 1 spiro atoms. The van der Waals surface area contributed by atoms with Crippen molar-refractivity contribution in [3.63, 3.8) is 0 Å². The monoisotopic (exact) mass is 668 g/mol. The van der Waals surface area contributed by atoms with Gasteiger partial charge in [-0.1, -0.05) is 12.1 Å². The summed E-state index contributed by atoms with van der Waals surface area (Å²) in [5, 5.41) is 16.0. The fourth-order valence-electron chi connectivity index (χ4n) is 10.6. The number of nitrogens with zero attached hydrogens (tertiary/aromatic N) is 5. The SMILES string of the molecule is O=c1c(-c2cc(O)cc3ccc4c(c23)COC4)c(F)c2nc(OC[C@]34C[C@@H](F)CN3CC3(CC3)C4)nc3c2n1CCC1C2CCC(CN31)N2. The topological polar surface area (TPSA) is 105 Å². The molecule has 3 unspecified atom stereocenters. The van der Waals surface area contributed by atoms with Crippen LogP contribution < -0.4 is 20.5 Å². The fourth-order valence-corrected chi connectivity index (χ4v) is 10.6. The number of halogens is 2. The third-order valence-corrected chi connectivity index (χ3v) is 12.9. The number of nitrogens with one attached hydrogen (secondary N) is 1. The Bertz CT molecular complexity index is 2170. The maximum Gasteiger partial charge on any atom is 0.319 e. The smallest absolute Gasteiger partial charge is 0.319 e. The van der Waals surface area contributed by atoms with Gasteiger partial charge >= 0.3 is 6.01 Å². The largest absolute Gasteiger partial charge is 0.508 e. The quantitative estimate of drug-likeness (QED) is 0.324. The summed E-state index contributed by atoms with van der Waals surface area (Å²) in [7, 11) is 0. The van der Waals surface area contributed by atoms with Gasteiger partial charge in [-0.05, 0) is 78.0 Å². The van der Waals surface area contributed by atoms with Gasteiger partial charge in [0.2, 0.25) is 0 Å². The van der Waals surface area contributed by atoms with Gasteiger partial charge in [0.1, 0.15) is 29.6 Å². The van der Waals surface area contributed by atoms with Gasteiger partial charge in [0.15, 0.2) is 11.6 Å². The third-order valence-electron chi connectivity index (χ3n) is 12.9. The van der Waals surface area contributed by atoms with Crippen molar-refractivity contribution in [3.8, 4) is 22.9 Å². The molecule has 4 aromatic rings. The van der Waals surface area contributed by atoms with E-state index in [1.54, 1.807) is 10.6 Å². The van der Waals surface area contributed by atoms with E-state index in [4.69, 9.17) is 19.4 Å². The van der Waals surface area contributed by atoms with E-state index in [0.717, 1.165) is 49.8 Å². The van der Waals surface area contributed by atoms with Gasteiger partial charge in [0.05, 0.1) is 24.3 Å². The van der Waals surface area contributed by atoms with Crippen LogP contribution in [-0.4, -0.2) is 80.6 Å². The number of alkyl halides is 1. The molecule has 10 nitrogen and oxygen atoms in total. The van der Waals surface area contributed by atoms with Crippen molar-refractivity contribution in [2.75, 3.05) is 31.1 Å². The number of hydrogen-bond donors (Lipinski definition) is 2. The number of anilines is 1. The average Bonchev–Trinajstić information content (AvgIpc) is 3.32. The first-order valence-corrected chi connectivity index (χ1v) is 17.8. The van der Waals surface area contributed by atoms with Crippen LogP contribution in [0.25, 0.3) is 32.9 Å². The number of pyridine rings is 1.